The highest BCUT2D eigenvalue weighted by Gasteiger charge is 2.30. The first-order chi connectivity index (χ1) is 6.79. The fourth-order valence-corrected chi connectivity index (χ4v) is 1.38. The first-order valence-corrected chi connectivity index (χ1v) is 4.76. The Morgan fingerprint density at radius 2 is 1.94 bits per heavy atom. The highest BCUT2D eigenvalue weighted by Crippen LogP contribution is 2.29. The third kappa shape index (κ3) is 4.60. The molecule has 0 amide bonds. The van der Waals surface area contributed by atoms with E-state index in [1.54, 1.807) is 19.1 Å². The van der Waals surface area contributed by atoms with Crippen LogP contribution in [0, 0.1) is 6.92 Å². The smallest absolute Gasteiger partial charge is 0.324 e. The van der Waals surface area contributed by atoms with Crippen molar-refractivity contribution in [3.05, 3.63) is 34.3 Å². The summed E-state index contributed by atoms with van der Waals surface area (Å²) in [6.45, 7) is 1.73. The molecule has 0 aliphatic carbocycles. The van der Waals surface area contributed by atoms with Crippen molar-refractivity contribution >= 4 is 24.0 Å². The highest BCUT2D eigenvalue weighted by molar-refractivity contribution is 6.31. The number of aryl methyl sites for hydroxylation is 1. The van der Waals surface area contributed by atoms with Gasteiger partial charge in [0, 0.05) is 11.1 Å². The highest BCUT2D eigenvalue weighted by atomic mass is 35.5. The van der Waals surface area contributed by atoms with E-state index >= 15 is 0 Å². The summed E-state index contributed by atoms with van der Waals surface area (Å²) in [6.07, 6.45) is -5.26. The SMILES string of the molecule is Cc1cc([C@@H](N)CC(F)(F)F)ccc1Cl.Cl. The predicted octanol–water partition coefficient (Wildman–Crippen LogP) is 4.02. The molecule has 6 heteroatoms. The van der Waals surface area contributed by atoms with Crippen molar-refractivity contribution in [2.45, 2.75) is 25.6 Å². The lowest BCUT2D eigenvalue weighted by Crippen LogP contribution is -2.20. The van der Waals surface area contributed by atoms with E-state index in [1.807, 2.05) is 0 Å². The van der Waals surface area contributed by atoms with Crippen molar-refractivity contribution in [1.29, 1.82) is 0 Å². The zero-order chi connectivity index (χ0) is 11.6. The molecule has 0 unspecified atom stereocenters. The Hall–Kier alpha value is -0.450. The van der Waals surface area contributed by atoms with E-state index in [-0.39, 0.29) is 12.4 Å². The molecule has 0 saturated carbocycles. The lowest BCUT2D eigenvalue weighted by molar-refractivity contribution is -0.138. The van der Waals surface area contributed by atoms with Gasteiger partial charge in [0.25, 0.3) is 0 Å². The average molecular weight is 274 g/mol. The number of halogens is 5. The first kappa shape index (κ1) is 15.5. The molecule has 0 radical (unpaired) electrons. The molecule has 0 fully saturated rings. The van der Waals surface area contributed by atoms with Crippen LogP contribution in [0.1, 0.15) is 23.6 Å². The molecular formula is C10H12Cl2F3N. The summed E-state index contributed by atoms with van der Waals surface area (Å²) in [5.74, 6) is 0. The molecular weight excluding hydrogens is 262 g/mol. The van der Waals surface area contributed by atoms with Gasteiger partial charge in [-0.3, -0.25) is 0 Å². The number of hydrogen-bond donors (Lipinski definition) is 1. The summed E-state index contributed by atoms with van der Waals surface area (Å²) in [5.41, 5.74) is 6.62. The summed E-state index contributed by atoms with van der Waals surface area (Å²) in [5, 5.41) is 0.526. The van der Waals surface area contributed by atoms with Gasteiger partial charge >= 0.3 is 6.18 Å². The molecule has 0 bridgehead atoms. The average Bonchev–Trinajstić information content (AvgIpc) is 2.06. The summed E-state index contributed by atoms with van der Waals surface area (Å²) >= 11 is 5.76. The van der Waals surface area contributed by atoms with Gasteiger partial charge in [0.15, 0.2) is 0 Å². The second-order valence-corrected chi connectivity index (χ2v) is 3.84. The van der Waals surface area contributed by atoms with Crippen LogP contribution in [0.3, 0.4) is 0 Å². The largest absolute Gasteiger partial charge is 0.390 e. The fourth-order valence-electron chi connectivity index (χ4n) is 1.27. The van der Waals surface area contributed by atoms with E-state index in [9.17, 15) is 13.2 Å². The van der Waals surface area contributed by atoms with Crippen molar-refractivity contribution in [1.82, 2.24) is 0 Å². The molecule has 1 rings (SSSR count). The fraction of sp³-hybridized carbons (Fsp3) is 0.400. The Bertz CT molecular complexity index is 352. The molecule has 0 spiro atoms. The molecule has 92 valence electrons. The van der Waals surface area contributed by atoms with Crippen LogP contribution in [-0.2, 0) is 0 Å². The number of rotatable bonds is 2. The molecule has 16 heavy (non-hydrogen) atoms. The van der Waals surface area contributed by atoms with Crippen LogP contribution < -0.4 is 5.73 Å². The zero-order valence-corrected chi connectivity index (χ0v) is 10.1. The lowest BCUT2D eigenvalue weighted by atomic mass is 10.0. The van der Waals surface area contributed by atoms with Crippen LogP contribution in [0.5, 0.6) is 0 Å². The van der Waals surface area contributed by atoms with E-state index < -0.39 is 18.6 Å². The van der Waals surface area contributed by atoms with Crippen LogP contribution in [0.25, 0.3) is 0 Å². The van der Waals surface area contributed by atoms with Crippen LogP contribution in [-0.4, -0.2) is 6.18 Å². The molecule has 1 aromatic rings. The Morgan fingerprint density at radius 1 is 1.38 bits per heavy atom. The summed E-state index contributed by atoms with van der Waals surface area (Å²) in [6, 6.07) is 3.63. The van der Waals surface area contributed by atoms with Gasteiger partial charge in [-0.1, -0.05) is 23.7 Å². The standard InChI is InChI=1S/C10H11ClF3N.ClH/c1-6-4-7(2-3-8(6)11)9(15)5-10(12,13)14;/h2-4,9H,5,15H2,1H3;1H/t9-;/m0./s1. The Labute approximate surface area is 103 Å². The van der Waals surface area contributed by atoms with Gasteiger partial charge in [-0.05, 0) is 24.1 Å². The number of nitrogens with two attached hydrogens (primary N) is 1. The quantitative estimate of drug-likeness (QED) is 0.865. The molecule has 0 aliphatic heterocycles. The predicted molar refractivity (Wildman–Crippen MR) is 61.0 cm³/mol. The first-order valence-electron chi connectivity index (χ1n) is 4.38. The molecule has 1 aromatic carbocycles. The Balaban J connectivity index is 0.00000225. The van der Waals surface area contributed by atoms with E-state index in [2.05, 4.69) is 0 Å². The van der Waals surface area contributed by atoms with Gasteiger partial charge in [-0.25, -0.2) is 0 Å². The van der Waals surface area contributed by atoms with Crippen LogP contribution >= 0.6 is 24.0 Å². The van der Waals surface area contributed by atoms with Gasteiger partial charge < -0.3 is 5.73 Å². The zero-order valence-electron chi connectivity index (χ0n) is 8.51. The Kier molecular flexibility index (Phi) is 5.59. The normalized spacial score (nSPS) is 13.1. The molecule has 1 atom stereocenters. The summed E-state index contributed by atoms with van der Waals surface area (Å²) in [4.78, 5) is 0. The topological polar surface area (TPSA) is 26.0 Å². The second kappa shape index (κ2) is 5.75. The molecule has 0 heterocycles. The number of hydrogen-bond acceptors (Lipinski definition) is 1. The van der Waals surface area contributed by atoms with E-state index in [4.69, 9.17) is 17.3 Å². The third-order valence-corrected chi connectivity index (χ3v) is 2.49. The number of alkyl halides is 3. The van der Waals surface area contributed by atoms with Gasteiger partial charge in [0.1, 0.15) is 0 Å². The maximum absolute atomic E-state index is 12.1. The Morgan fingerprint density at radius 3 is 2.38 bits per heavy atom. The van der Waals surface area contributed by atoms with Crippen molar-refractivity contribution in [2.24, 2.45) is 5.73 Å². The van der Waals surface area contributed by atoms with Crippen LogP contribution in [0.15, 0.2) is 18.2 Å². The van der Waals surface area contributed by atoms with Gasteiger partial charge in [-0.2, -0.15) is 13.2 Å². The molecule has 0 aliphatic rings. The van der Waals surface area contributed by atoms with Crippen molar-refractivity contribution < 1.29 is 13.2 Å². The summed E-state index contributed by atoms with van der Waals surface area (Å²) < 4.78 is 36.2. The van der Waals surface area contributed by atoms with E-state index in [0.29, 0.717) is 10.6 Å². The minimum Gasteiger partial charge on any atom is -0.324 e. The van der Waals surface area contributed by atoms with Crippen molar-refractivity contribution in [3.8, 4) is 0 Å². The van der Waals surface area contributed by atoms with Crippen LogP contribution in [0.2, 0.25) is 5.02 Å². The number of benzene rings is 1. The lowest BCUT2D eigenvalue weighted by Gasteiger charge is -2.15. The maximum atomic E-state index is 12.1. The molecule has 2 N–H and O–H groups in total. The van der Waals surface area contributed by atoms with Gasteiger partial charge in [0.05, 0.1) is 6.42 Å². The maximum Gasteiger partial charge on any atom is 0.390 e. The monoisotopic (exact) mass is 273 g/mol. The molecule has 1 nitrogen and oxygen atoms in total. The second-order valence-electron chi connectivity index (χ2n) is 3.43. The third-order valence-electron chi connectivity index (χ3n) is 2.06. The summed E-state index contributed by atoms with van der Waals surface area (Å²) in [7, 11) is 0. The van der Waals surface area contributed by atoms with Crippen molar-refractivity contribution in [2.75, 3.05) is 0 Å². The van der Waals surface area contributed by atoms with E-state index in [0.717, 1.165) is 5.56 Å². The molecule has 0 aromatic heterocycles. The minimum absolute atomic E-state index is 0. The molecule has 0 saturated heterocycles. The van der Waals surface area contributed by atoms with Gasteiger partial charge in [-0.15, -0.1) is 12.4 Å². The van der Waals surface area contributed by atoms with Crippen LogP contribution in [0.4, 0.5) is 13.2 Å². The van der Waals surface area contributed by atoms with Gasteiger partial charge in [0.2, 0.25) is 0 Å². The minimum atomic E-state index is -4.24. The van der Waals surface area contributed by atoms with E-state index in [1.165, 1.54) is 6.07 Å². The van der Waals surface area contributed by atoms with Crippen molar-refractivity contribution in [3.63, 3.8) is 0 Å².